The van der Waals surface area contributed by atoms with E-state index < -0.39 is 0 Å². The lowest BCUT2D eigenvalue weighted by Gasteiger charge is -2.00. The van der Waals surface area contributed by atoms with Gasteiger partial charge in [-0.25, -0.2) is 4.98 Å². The van der Waals surface area contributed by atoms with Crippen molar-refractivity contribution < 1.29 is 4.39 Å². The van der Waals surface area contributed by atoms with Crippen molar-refractivity contribution in [3.05, 3.63) is 24.3 Å². The van der Waals surface area contributed by atoms with Crippen LogP contribution in [0.2, 0.25) is 13.6 Å². The molecule has 3 heteroatoms. The van der Waals surface area contributed by atoms with E-state index in [4.69, 9.17) is 0 Å². The Morgan fingerprint density at radius 1 is 1.50 bits per heavy atom. The van der Waals surface area contributed by atoms with Gasteiger partial charge < -0.3 is 0 Å². The third-order valence-electron chi connectivity index (χ3n) is 1.41. The fourth-order valence-electron chi connectivity index (χ4n) is 0.829. The zero-order valence-electron chi connectivity index (χ0n) is 6.13. The summed E-state index contributed by atoms with van der Waals surface area (Å²) in [6.45, 7) is 4.11. The molecular weight excluding hydrogens is 128 g/mol. The first kappa shape index (κ1) is 7.25. The molecule has 0 saturated heterocycles. The second-order valence-corrected chi connectivity index (χ2v) is 2.54. The van der Waals surface area contributed by atoms with E-state index in [-0.39, 0.29) is 12.7 Å². The molecule has 1 nitrogen and oxygen atoms in total. The van der Waals surface area contributed by atoms with Crippen LogP contribution in [0.5, 0.6) is 0 Å². The Morgan fingerprint density at radius 3 is 2.60 bits per heavy atom. The lowest BCUT2D eigenvalue weighted by molar-refractivity contribution is 0.592. The number of nitrogens with zero attached hydrogens (tertiary/aromatic N) is 1. The normalized spacial score (nSPS) is 9.50. The smallest absolute Gasteiger partial charge is 0.207 e. The molecule has 0 fully saturated rings. The second kappa shape index (κ2) is 2.82. The third-order valence-corrected chi connectivity index (χ3v) is 1.41. The summed E-state index contributed by atoms with van der Waals surface area (Å²) < 4.78 is 12.7. The maximum absolute atomic E-state index is 12.7. The van der Waals surface area contributed by atoms with Crippen LogP contribution in [0.3, 0.4) is 0 Å². The van der Waals surface area contributed by atoms with Crippen LogP contribution in [0.15, 0.2) is 18.3 Å². The van der Waals surface area contributed by atoms with Crippen LogP contribution in [0.1, 0.15) is 0 Å². The molecule has 0 N–H and O–H groups in total. The van der Waals surface area contributed by atoms with Crippen molar-refractivity contribution in [3.63, 3.8) is 0 Å². The lowest BCUT2D eigenvalue weighted by atomic mass is 9.50. The molecule has 0 aliphatic heterocycles. The quantitative estimate of drug-likeness (QED) is 0.418. The average molecular weight is 137 g/mol. The molecule has 0 radical (unpaired) electrons. The van der Waals surface area contributed by atoms with Crippen LogP contribution in [0, 0.1) is 5.95 Å². The van der Waals surface area contributed by atoms with Gasteiger partial charge in [0.05, 0.1) is 0 Å². The molecular formula is C7H9BFN. The van der Waals surface area contributed by atoms with Crippen LogP contribution in [0.25, 0.3) is 0 Å². The molecule has 0 aromatic carbocycles. The van der Waals surface area contributed by atoms with Crippen LogP contribution >= 0.6 is 0 Å². The number of aromatic nitrogens is 1. The van der Waals surface area contributed by atoms with Gasteiger partial charge in [-0.3, -0.25) is 0 Å². The van der Waals surface area contributed by atoms with Crippen molar-refractivity contribution in [2.45, 2.75) is 13.6 Å². The molecule has 1 rings (SSSR count). The van der Waals surface area contributed by atoms with Crippen molar-refractivity contribution in [1.82, 2.24) is 4.98 Å². The van der Waals surface area contributed by atoms with E-state index in [1.807, 2.05) is 13.6 Å². The Labute approximate surface area is 60.4 Å². The minimum Gasteiger partial charge on any atom is -0.229 e. The maximum Gasteiger partial charge on any atom is 0.207 e. The van der Waals surface area contributed by atoms with E-state index in [2.05, 4.69) is 4.98 Å². The molecule has 0 unspecified atom stereocenters. The van der Waals surface area contributed by atoms with Gasteiger partial charge in [0.1, 0.15) is 0 Å². The van der Waals surface area contributed by atoms with Gasteiger partial charge >= 0.3 is 0 Å². The Balaban J connectivity index is 3.03. The molecule has 1 heterocycles. The van der Waals surface area contributed by atoms with Gasteiger partial charge in [-0.15, -0.1) is 0 Å². The number of hydrogen-bond donors (Lipinski definition) is 0. The number of pyridine rings is 1. The molecule has 0 saturated carbocycles. The predicted octanol–water partition coefficient (Wildman–Crippen LogP) is 1.18. The first-order chi connectivity index (χ1) is 4.72. The van der Waals surface area contributed by atoms with E-state index in [0.29, 0.717) is 5.46 Å². The summed E-state index contributed by atoms with van der Waals surface area (Å²) in [6, 6.07) is 3.51. The molecule has 0 aliphatic carbocycles. The Morgan fingerprint density at radius 2 is 2.20 bits per heavy atom. The van der Waals surface area contributed by atoms with Crippen molar-refractivity contribution in [3.8, 4) is 0 Å². The van der Waals surface area contributed by atoms with Crippen molar-refractivity contribution in [2.75, 3.05) is 0 Å². The fraction of sp³-hybridized carbons (Fsp3) is 0.286. The summed E-state index contributed by atoms with van der Waals surface area (Å²) in [5.74, 6) is -0.350. The molecule has 10 heavy (non-hydrogen) atoms. The van der Waals surface area contributed by atoms with Crippen molar-refractivity contribution in [2.24, 2.45) is 0 Å². The standard InChI is InChI=1S/C7H9BFN/c1-8(2)6-4-3-5-10-7(6)9/h3-5H,1-2H3. The molecule has 1 aromatic rings. The molecule has 1 aromatic heterocycles. The van der Waals surface area contributed by atoms with E-state index in [1.54, 1.807) is 12.1 Å². The highest BCUT2D eigenvalue weighted by Crippen LogP contribution is 1.90. The van der Waals surface area contributed by atoms with E-state index >= 15 is 0 Å². The SMILES string of the molecule is CB(C)c1cccnc1F. The van der Waals surface area contributed by atoms with Gasteiger partial charge in [0.15, 0.2) is 6.71 Å². The van der Waals surface area contributed by atoms with Gasteiger partial charge in [0.2, 0.25) is 5.95 Å². The monoisotopic (exact) mass is 137 g/mol. The predicted molar refractivity (Wildman–Crippen MR) is 41.3 cm³/mol. The number of hydrogen-bond acceptors (Lipinski definition) is 1. The molecule has 0 aliphatic rings. The van der Waals surface area contributed by atoms with Gasteiger partial charge in [-0.1, -0.05) is 19.7 Å². The minimum absolute atomic E-state index is 0.216. The molecule has 0 atom stereocenters. The molecule has 0 spiro atoms. The summed E-state index contributed by atoms with van der Waals surface area (Å²) in [5, 5.41) is 0. The highest BCUT2D eigenvalue weighted by atomic mass is 19.1. The van der Waals surface area contributed by atoms with Gasteiger partial charge in [0, 0.05) is 6.20 Å². The fourth-order valence-corrected chi connectivity index (χ4v) is 0.829. The largest absolute Gasteiger partial charge is 0.229 e. The first-order valence-corrected chi connectivity index (χ1v) is 3.32. The molecule has 52 valence electrons. The molecule has 0 amide bonds. The van der Waals surface area contributed by atoms with Gasteiger partial charge in [0.25, 0.3) is 0 Å². The summed E-state index contributed by atoms with van der Waals surface area (Å²) in [7, 11) is 0. The first-order valence-electron chi connectivity index (χ1n) is 3.32. The Bertz CT molecular complexity index is 225. The topological polar surface area (TPSA) is 12.9 Å². The number of rotatable bonds is 1. The van der Waals surface area contributed by atoms with Crippen molar-refractivity contribution >= 4 is 12.2 Å². The van der Waals surface area contributed by atoms with E-state index in [0.717, 1.165) is 0 Å². The maximum atomic E-state index is 12.7. The third kappa shape index (κ3) is 1.35. The minimum atomic E-state index is -0.350. The summed E-state index contributed by atoms with van der Waals surface area (Å²) in [5.41, 5.74) is 0.683. The number of halogens is 1. The van der Waals surface area contributed by atoms with E-state index in [9.17, 15) is 4.39 Å². The average Bonchev–Trinajstić information content (AvgIpc) is 1.88. The van der Waals surface area contributed by atoms with E-state index in [1.165, 1.54) is 6.20 Å². The van der Waals surface area contributed by atoms with Gasteiger partial charge in [-0.05, 0) is 11.5 Å². The van der Waals surface area contributed by atoms with Crippen LogP contribution in [-0.4, -0.2) is 11.7 Å². The zero-order valence-corrected chi connectivity index (χ0v) is 6.13. The summed E-state index contributed by atoms with van der Waals surface area (Å²) >= 11 is 0. The van der Waals surface area contributed by atoms with Gasteiger partial charge in [-0.2, -0.15) is 4.39 Å². The van der Waals surface area contributed by atoms with Crippen LogP contribution in [0.4, 0.5) is 4.39 Å². The highest BCUT2D eigenvalue weighted by Gasteiger charge is 2.07. The van der Waals surface area contributed by atoms with Crippen LogP contribution < -0.4 is 5.46 Å². The second-order valence-electron chi connectivity index (χ2n) is 2.54. The van der Waals surface area contributed by atoms with Crippen LogP contribution in [-0.2, 0) is 0 Å². The highest BCUT2D eigenvalue weighted by molar-refractivity contribution is 6.70. The lowest BCUT2D eigenvalue weighted by Crippen LogP contribution is -2.26. The van der Waals surface area contributed by atoms with Crippen molar-refractivity contribution in [1.29, 1.82) is 0 Å². The summed E-state index contributed by atoms with van der Waals surface area (Å²) in [4.78, 5) is 3.53. The molecule has 0 bridgehead atoms. The zero-order chi connectivity index (χ0) is 7.56. The Kier molecular flexibility index (Phi) is 2.04. The summed E-state index contributed by atoms with van der Waals surface area (Å²) in [6.07, 6.45) is 1.46. The Hall–Kier alpha value is -0.855.